The third-order valence-corrected chi connectivity index (χ3v) is 12.2. The number of hydrogen-bond donors (Lipinski definition) is 3. The normalized spacial score (nSPS) is 13.7. The standard InChI is InChI=1S/C57H103NO5/c1-4-7-10-13-16-19-22-24-26-28-30-32-35-37-40-43-46-49-55(60)54(52-59)58-56(61)51-53(63-57(62)50-47-44-41-38-33-21-18-15-12-9-6-3)48-45-42-39-36-34-31-29-27-25-23-20-17-14-11-8-5-2/h15,17-18,20,23,25,27,29,31,34,53-55,59-60H,4-14,16,19,21-22,24,26,28,30,32-33,35-52H2,1-3H3,(H,58,61)/b18-15-,20-17+,25-23+,29-27+,34-31+. The van der Waals surface area contributed by atoms with Gasteiger partial charge < -0.3 is 20.3 Å². The van der Waals surface area contributed by atoms with E-state index in [1.54, 1.807) is 0 Å². The molecular weight excluding hydrogens is 779 g/mol. The van der Waals surface area contributed by atoms with Gasteiger partial charge in [0.05, 0.1) is 25.2 Å². The van der Waals surface area contributed by atoms with Gasteiger partial charge in [0, 0.05) is 6.42 Å². The van der Waals surface area contributed by atoms with E-state index in [1.807, 2.05) is 6.08 Å². The van der Waals surface area contributed by atoms with Gasteiger partial charge in [-0.1, -0.05) is 242 Å². The lowest BCUT2D eigenvalue weighted by Crippen LogP contribution is -2.46. The molecule has 0 bridgehead atoms. The van der Waals surface area contributed by atoms with Crippen molar-refractivity contribution < 1.29 is 24.5 Å². The fourth-order valence-electron chi connectivity index (χ4n) is 8.01. The number of amides is 1. The summed E-state index contributed by atoms with van der Waals surface area (Å²) < 4.78 is 5.91. The maximum atomic E-state index is 13.2. The molecule has 3 atom stereocenters. The Bertz CT molecular complexity index is 1130. The Hall–Kier alpha value is -2.44. The number of carbonyl (C=O) groups excluding carboxylic acids is 2. The van der Waals surface area contributed by atoms with E-state index >= 15 is 0 Å². The van der Waals surface area contributed by atoms with E-state index in [9.17, 15) is 19.8 Å². The molecule has 0 fully saturated rings. The van der Waals surface area contributed by atoms with Crippen LogP contribution >= 0.6 is 0 Å². The first-order chi connectivity index (χ1) is 31.0. The van der Waals surface area contributed by atoms with Crippen LogP contribution in [0.25, 0.3) is 0 Å². The van der Waals surface area contributed by atoms with Gasteiger partial charge in [-0.3, -0.25) is 9.59 Å². The van der Waals surface area contributed by atoms with Crippen molar-refractivity contribution in [3.8, 4) is 0 Å². The molecule has 0 aromatic carbocycles. The van der Waals surface area contributed by atoms with Crippen molar-refractivity contribution in [3.63, 3.8) is 0 Å². The number of esters is 1. The van der Waals surface area contributed by atoms with E-state index in [1.165, 1.54) is 141 Å². The lowest BCUT2D eigenvalue weighted by Gasteiger charge is -2.24. The van der Waals surface area contributed by atoms with Gasteiger partial charge in [0.25, 0.3) is 0 Å². The van der Waals surface area contributed by atoms with Gasteiger partial charge in [-0.15, -0.1) is 0 Å². The van der Waals surface area contributed by atoms with Crippen molar-refractivity contribution in [2.75, 3.05) is 6.61 Å². The highest BCUT2D eigenvalue weighted by Gasteiger charge is 2.24. The second-order valence-corrected chi connectivity index (χ2v) is 18.4. The van der Waals surface area contributed by atoms with E-state index in [0.29, 0.717) is 19.3 Å². The predicted molar refractivity (Wildman–Crippen MR) is 273 cm³/mol. The molecule has 0 aromatic heterocycles. The topological polar surface area (TPSA) is 95.9 Å². The van der Waals surface area contributed by atoms with Crippen LogP contribution in [0.15, 0.2) is 60.8 Å². The van der Waals surface area contributed by atoms with Crippen LogP contribution in [0.3, 0.4) is 0 Å². The summed E-state index contributed by atoms with van der Waals surface area (Å²) in [6, 6.07) is -0.718. The second-order valence-electron chi connectivity index (χ2n) is 18.4. The molecule has 0 saturated heterocycles. The summed E-state index contributed by atoms with van der Waals surface area (Å²) in [4.78, 5) is 26.1. The quantitative estimate of drug-likeness (QED) is 0.0245. The van der Waals surface area contributed by atoms with E-state index in [0.717, 1.165) is 77.0 Å². The number of nitrogens with one attached hydrogen (secondary N) is 1. The largest absolute Gasteiger partial charge is 0.462 e. The molecule has 0 aliphatic carbocycles. The highest BCUT2D eigenvalue weighted by atomic mass is 16.5. The zero-order valence-corrected chi connectivity index (χ0v) is 41.7. The Morgan fingerprint density at radius 2 is 0.841 bits per heavy atom. The van der Waals surface area contributed by atoms with Crippen molar-refractivity contribution in [1.82, 2.24) is 5.32 Å². The van der Waals surface area contributed by atoms with Crippen LogP contribution in [0.4, 0.5) is 0 Å². The Labute approximate surface area is 390 Å². The minimum Gasteiger partial charge on any atom is -0.462 e. The molecule has 63 heavy (non-hydrogen) atoms. The molecule has 3 unspecified atom stereocenters. The fraction of sp³-hybridized carbons (Fsp3) is 0.789. The molecule has 0 aliphatic heterocycles. The molecule has 0 heterocycles. The SMILES string of the molecule is CCCC/C=C\CCCCCCCC(=O)OC(CCCCC/C=C/C=C/C=C/C=C/CCCCC)CC(=O)NC(CO)C(O)CCCCCCCCCCCCCCCCCCC. The van der Waals surface area contributed by atoms with E-state index in [-0.39, 0.29) is 24.9 Å². The van der Waals surface area contributed by atoms with E-state index < -0.39 is 18.2 Å². The zero-order chi connectivity index (χ0) is 45.9. The molecule has 366 valence electrons. The van der Waals surface area contributed by atoms with Crippen LogP contribution in [0.1, 0.15) is 265 Å². The second kappa shape index (κ2) is 50.6. The van der Waals surface area contributed by atoms with Crippen LogP contribution < -0.4 is 5.32 Å². The van der Waals surface area contributed by atoms with Crippen LogP contribution in [0.5, 0.6) is 0 Å². The number of rotatable bonds is 48. The first-order valence-corrected chi connectivity index (χ1v) is 27.1. The van der Waals surface area contributed by atoms with Gasteiger partial charge in [-0.2, -0.15) is 0 Å². The minimum absolute atomic E-state index is 0.0476. The summed E-state index contributed by atoms with van der Waals surface area (Å²) in [6.07, 6.45) is 62.8. The van der Waals surface area contributed by atoms with Crippen LogP contribution in [0, 0.1) is 0 Å². The number of carbonyl (C=O) groups is 2. The van der Waals surface area contributed by atoms with Crippen LogP contribution in [0.2, 0.25) is 0 Å². The van der Waals surface area contributed by atoms with Gasteiger partial charge >= 0.3 is 5.97 Å². The fourth-order valence-corrected chi connectivity index (χ4v) is 8.01. The van der Waals surface area contributed by atoms with Crippen molar-refractivity contribution in [2.45, 2.75) is 283 Å². The number of ether oxygens (including phenoxy) is 1. The van der Waals surface area contributed by atoms with Gasteiger partial charge in [0.15, 0.2) is 0 Å². The first-order valence-electron chi connectivity index (χ1n) is 27.1. The van der Waals surface area contributed by atoms with E-state index in [4.69, 9.17) is 4.74 Å². The van der Waals surface area contributed by atoms with Crippen molar-refractivity contribution in [2.24, 2.45) is 0 Å². The summed E-state index contributed by atoms with van der Waals surface area (Å²) in [5.74, 6) is -0.521. The lowest BCUT2D eigenvalue weighted by molar-refractivity contribution is -0.151. The molecule has 0 spiro atoms. The Kier molecular flexibility index (Phi) is 48.6. The smallest absolute Gasteiger partial charge is 0.306 e. The summed E-state index contributed by atoms with van der Waals surface area (Å²) in [5.41, 5.74) is 0. The number of aliphatic hydroxyl groups is 2. The first kappa shape index (κ1) is 60.6. The van der Waals surface area contributed by atoms with Gasteiger partial charge in [-0.25, -0.2) is 0 Å². The highest BCUT2D eigenvalue weighted by molar-refractivity contribution is 5.77. The van der Waals surface area contributed by atoms with Crippen molar-refractivity contribution in [1.29, 1.82) is 0 Å². The van der Waals surface area contributed by atoms with Gasteiger partial charge in [0.1, 0.15) is 6.10 Å². The molecule has 1 amide bonds. The monoisotopic (exact) mass is 882 g/mol. The number of hydrogen-bond acceptors (Lipinski definition) is 5. The average molecular weight is 882 g/mol. The zero-order valence-electron chi connectivity index (χ0n) is 41.7. The molecule has 0 radical (unpaired) electrons. The minimum atomic E-state index is -0.801. The third-order valence-electron chi connectivity index (χ3n) is 12.2. The lowest BCUT2D eigenvalue weighted by atomic mass is 10.0. The summed E-state index contributed by atoms with van der Waals surface area (Å²) in [5, 5.41) is 23.8. The van der Waals surface area contributed by atoms with Crippen LogP contribution in [-0.2, 0) is 14.3 Å². The molecule has 0 saturated carbocycles. The van der Waals surface area contributed by atoms with Crippen molar-refractivity contribution >= 4 is 11.9 Å². The summed E-state index contributed by atoms with van der Waals surface area (Å²) >= 11 is 0. The molecule has 3 N–H and O–H groups in total. The molecule has 0 aromatic rings. The van der Waals surface area contributed by atoms with Crippen molar-refractivity contribution in [3.05, 3.63) is 60.8 Å². The molecular formula is C57H103NO5. The van der Waals surface area contributed by atoms with Crippen LogP contribution in [-0.4, -0.2) is 46.9 Å². The van der Waals surface area contributed by atoms with Gasteiger partial charge in [-0.05, 0) is 70.6 Å². The molecule has 0 rings (SSSR count). The van der Waals surface area contributed by atoms with E-state index in [2.05, 4.69) is 80.8 Å². The number of allylic oxidation sites excluding steroid dienone is 10. The maximum absolute atomic E-state index is 13.2. The number of aliphatic hydroxyl groups excluding tert-OH is 2. The molecule has 6 heteroatoms. The van der Waals surface area contributed by atoms with Gasteiger partial charge in [0.2, 0.25) is 5.91 Å². The highest BCUT2D eigenvalue weighted by Crippen LogP contribution is 2.18. The Balaban J connectivity index is 4.60. The average Bonchev–Trinajstić information content (AvgIpc) is 3.28. The number of unbranched alkanes of at least 4 members (excludes halogenated alkanes) is 29. The summed E-state index contributed by atoms with van der Waals surface area (Å²) in [7, 11) is 0. The third kappa shape index (κ3) is 45.9. The summed E-state index contributed by atoms with van der Waals surface area (Å²) in [6.45, 7) is 6.41. The molecule has 6 nitrogen and oxygen atoms in total. The Morgan fingerprint density at radius 3 is 1.37 bits per heavy atom. The predicted octanol–water partition coefficient (Wildman–Crippen LogP) is 16.4. The Morgan fingerprint density at radius 1 is 0.460 bits per heavy atom. The maximum Gasteiger partial charge on any atom is 0.306 e. The molecule has 0 aliphatic rings.